The average Bonchev–Trinajstić information content (AvgIpc) is 2.49. The molecule has 0 amide bonds. The number of carbonyl (C=O) groups is 1. The van der Waals surface area contributed by atoms with Gasteiger partial charge in [0.05, 0.1) is 22.6 Å². The fraction of sp³-hybridized carbons (Fsp3) is 0.438. The molecule has 0 spiro atoms. The van der Waals surface area contributed by atoms with Gasteiger partial charge in [-0.05, 0) is 31.9 Å². The number of carboxylic acid groups (broad SMARTS) is 1. The van der Waals surface area contributed by atoms with E-state index in [-0.39, 0.29) is 6.04 Å². The van der Waals surface area contributed by atoms with Gasteiger partial charge in [0.1, 0.15) is 5.82 Å². The van der Waals surface area contributed by atoms with Gasteiger partial charge in [-0.15, -0.1) is 0 Å². The molecule has 1 saturated carbocycles. The summed E-state index contributed by atoms with van der Waals surface area (Å²) in [5, 5.41) is 12.8. The number of fused-ring (bicyclic) bond motifs is 1. The van der Waals surface area contributed by atoms with Crippen LogP contribution in [0.4, 0.5) is 5.82 Å². The quantitative estimate of drug-likeness (QED) is 0.906. The van der Waals surface area contributed by atoms with Crippen LogP contribution in [-0.2, 0) is 4.79 Å². The van der Waals surface area contributed by atoms with Crippen molar-refractivity contribution < 1.29 is 9.90 Å². The number of nitrogens with zero attached hydrogens (tertiary/aromatic N) is 2. The second-order valence-corrected chi connectivity index (χ2v) is 5.91. The number of aromatic nitrogens is 2. The van der Waals surface area contributed by atoms with Crippen LogP contribution >= 0.6 is 0 Å². The molecule has 1 fully saturated rings. The molecule has 2 aromatic rings. The lowest BCUT2D eigenvalue weighted by Crippen LogP contribution is -2.46. The van der Waals surface area contributed by atoms with Crippen LogP contribution in [0, 0.1) is 5.41 Å². The Morgan fingerprint density at radius 3 is 2.86 bits per heavy atom. The summed E-state index contributed by atoms with van der Waals surface area (Å²) < 4.78 is 0. The summed E-state index contributed by atoms with van der Waals surface area (Å²) in [6.07, 6.45) is 5.23. The number of aliphatic carboxylic acids is 1. The van der Waals surface area contributed by atoms with Crippen molar-refractivity contribution in [1.82, 2.24) is 9.97 Å². The van der Waals surface area contributed by atoms with Crippen molar-refractivity contribution in [2.24, 2.45) is 5.41 Å². The summed E-state index contributed by atoms with van der Waals surface area (Å²) in [5.74, 6) is -0.0958. The molecule has 5 nitrogen and oxygen atoms in total. The zero-order chi connectivity index (χ0) is 14.9. The molecule has 110 valence electrons. The monoisotopic (exact) mass is 285 g/mol. The van der Waals surface area contributed by atoms with Gasteiger partial charge in [0, 0.05) is 6.04 Å². The Morgan fingerprint density at radius 1 is 1.33 bits per heavy atom. The highest BCUT2D eigenvalue weighted by Crippen LogP contribution is 2.38. The first kappa shape index (κ1) is 13.8. The van der Waals surface area contributed by atoms with Crippen LogP contribution in [0.3, 0.4) is 0 Å². The van der Waals surface area contributed by atoms with Gasteiger partial charge in [-0.3, -0.25) is 9.78 Å². The molecule has 2 atom stereocenters. The maximum absolute atomic E-state index is 11.6. The summed E-state index contributed by atoms with van der Waals surface area (Å²) in [4.78, 5) is 20.5. The number of hydrogen-bond acceptors (Lipinski definition) is 4. The highest BCUT2D eigenvalue weighted by Gasteiger charge is 2.43. The number of benzene rings is 1. The van der Waals surface area contributed by atoms with Gasteiger partial charge < -0.3 is 10.4 Å². The summed E-state index contributed by atoms with van der Waals surface area (Å²) in [7, 11) is 0. The molecular formula is C16H19N3O2. The molecule has 0 radical (unpaired) electrons. The highest BCUT2D eigenvalue weighted by molar-refractivity contribution is 5.77. The lowest BCUT2D eigenvalue weighted by molar-refractivity contribution is -0.150. The second-order valence-electron chi connectivity index (χ2n) is 5.91. The summed E-state index contributed by atoms with van der Waals surface area (Å²) >= 11 is 0. The van der Waals surface area contributed by atoms with Crippen LogP contribution in [-0.4, -0.2) is 27.1 Å². The second kappa shape index (κ2) is 5.31. The minimum Gasteiger partial charge on any atom is -0.481 e. The molecule has 5 heteroatoms. The fourth-order valence-corrected chi connectivity index (χ4v) is 3.03. The molecule has 1 aromatic heterocycles. The Labute approximate surface area is 123 Å². The molecular weight excluding hydrogens is 266 g/mol. The van der Waals surface area contributed by atoms with E-state index in [9.17, 15) is 9.90 Å². The van der Waals surface area contributed by atoms with Gasteiger partial charge in [0.25, 0.3) is 0 Å². The van der Waals surface area contributed by atoms with Crippen molar-refractivity contribution in [3.8, 4) is 0 Å². The van der Waals surface area contributed by atoms with E-state index in [2.05, 4.69) is 15.3 Å². The van der Waals surface area contributed by atoms with Gasteiger partial charge in [-0.2, -0.15) is 0 Å². The van der Waals surface area contributed by atoms with Crippen LogP contribution in [0.5, 0.6) is 0 Å². The molecule has 1 heterocycles. The van der Waals surface area contributed by atoms with E-state index in [0.29, 0.717) is 12.2 Å². The third-order valence-corrected chi connectivity index (χ3v) is 4.47. The maximum atomic E-state index is 11.6. The van der Waals surface area contributed by atoms with E-state index in [4.69, 9.17) is 0 Å². The molecule has 0 saturated heterocycles. The van der Waals surface area contributed by atoms with Crippen molar-refractivity contribution >= 4 is 22.8 Å². The van der Waals surface area contributed by atoms with E-state index >= 15 is 0 Å². The van der Waals surface area contributed by atoms with Crippen molar-refractivity contribution in [3.05, 3.63) is 30.5 Å². The molecule has 0 aliphatic heterocycles. The van der Waals surface area contributed by atoms with E-state index in [0.717, 1.165) is 30.3 Å². The van der Waals surface area contributed by atoms with Gasteiger partial charge >= 0.3 is 5.97 Å². The molecule has 1 aromatic carbocycles. The normalized spacial score (nSPS) is 25.7. The standard InChI is InChI=1S/C16H19N3O2/c1-16(15(20)21)9-5-4-8-13(16)19-14-10-17-11-6-2-3-7-12(11)18-14/h2-3,6-7,10,13H,4-5,8-9H2,1H3,(H,18,19)(H,20,21). The lowest BCUT2D eigenvalue weighted by atomic mass is 9.71. The topological polar surface area (TPSA) is 75.1 Å². The molecule has 1 aliphatic rings. The summed E-state index contributed by atoms with van der Waals surface area (Å²) in [6.45, 7) is 1.82. The molecule has 3 rings (SSSR count). The SMILES string of the molecule is CC1(C(=O)O)CCCCC1Nc1cnc2ccccc2n1. The number of rotatable bonds is 3. The Kier molecular flexibility index (Phi) is 3.49. The summed E-state index contributed by atoms with van der Waals surface area (Å²) in [5.41, 5.74) is 0.911. The summed E-state index contributed by atoms with van der Waals surface area (Å²) in [6, 6.07) is 7.55. The van der Waals surface area contributed by atoms with Gasteiger partial charge in [0.2, 0.25) is 0 Å². The van der Waals surface area contributed by atoms with Gasteiger partial charge in [-0.1, -0.05) is 25.0 Å². The first-order valence-electron chi connectivity index (χ1n) is 7.31. The minimum absolute atomic E-state index is 0.112. The zero-order valence-electron chi connectivity index (χ0n) is 12.0. The Bertz CT molecular complexity index is 673. The smallest absolute Gasteiger partial charge is 0.311 e. The lowest BCUT2D eigenvalue weighted by Gasteiger charge is -2.38. The molecule has 2 unspecified atom stereocenters. The van der Waals surface area contributed by atoms with Crippen molar-refractivity contribution in [3.63, 3.8) is 0 Å². The Morgan fingerprint density at radius 2 is 2.10 bits per heavy atom. The average molecular weight is 285 g/mol. The molecule has 21 heavy (non-hydrogen) atoms. The van der Waals surface area contributed by atoms with Crippen LogP contribution in [0.1, 0.15) is 32.6 Å². The van der Waals surface area contributed by atoms with Crippen LogP contribution < -0.4 is 5.32 Å². The van der Waals surface area contributed by atoms with E-state index in [1.807, 2.05) is 31.2 Å². The molecule has 0 bridgehead atoms. The number of hydrogen-bond donors (Lipinski definition) is 2. The van der Waals surface area contributed by atoms with E-state index < -0.39 is 11.4 Å². The van der Waals surface area contributed by atoms with Crippen molar-refractivity contribution in [1.29, 1.82) is 0 Å². The van der Waals surface area contributed by atoms with Crippen LogP contribution in [0.15, 0.2) is 30.5 Å². The predicted molar refractivity (Wildman–Crippen MR) is 81.2 cm³/mol. The van der Waals surface area contributed by atoms with Gasteiger partial charge in [-0.25, -0.2) is 4.98 Å². The number of para-hydroxylation sites is 2. The number of nitrogens with one attached hydrogen (secondary N) is 1. The third-order valence-electron chi connectivity index (χ3n) is 4.47. The molecule has 1 aliphatic carbocycles. The fourth-order valence-electron chi connectivity index (χ4n) is 3.03. The first-order chi connectivity index (χ1) is 10.1. The first-order valence-corrected chi connectivity index (χ1v) is 7.31. The number of carboxylic acids is 1. The molecule has 2 N–H and O–H groups in total. The Balaban J connectivity index is 1.87. The van der Waals surface area contributed by atoms with E-state index in [1.165, 1.54) is 0 Å². The number of anilines is 1. The van der Waals surface area contributed by atoms with Gasteiger partial charge in [0.15, 0.2) is 0 Å². The van der Waals surface area contributed by atoms with Crippen molar-refractivity contribution in [2.75, 3.05) is 5.32 Å². The Hall–Kier alpha value is -2.17. The van der Waals surface area contributed by atoms with Crippen LogP contribution in [0.25, 0.3) is 11.0 Å². The zero-order valence-corrected chi connectivity index (χ0v) is 12.0. The third kappa shape index (κ3) is 2.55. The van der Waals surface area contributed by atoms with E-state index in [1.54, 1.807) is 6.20 Å². The predicted octanol–water partition coefficient (Wildman–Crippen LogP) is 3.08. The minimum atomic E-state index is -0.744. The van der Waals surface area contributed by atoms with Crippen molar-refractivity contribution in [2.45, 2.75) is 38.6 Å². The highest BCUT2D eigenvalue weighted by atomic mass is 16.4. The van der Waals surface area contributed by atoms with Crippen LogP contribution in [0.2, 0.25) is 0 Å². The maximum Gasteiger partial charge on any atom is 0.311 e. The largest absolute Gasteiger partial charge is 0.481 e.